The van der Waals surface area contributed by atoms with Gasteiger partial charge in [-0.2, -0.15) is 0 Å². The summed E-state index contributed by atoms with van der Waals surface area (Å²) in [6.07, 6.45) is -3.21. The third kappa shape index (κ3) is 6.08. The molecule has 1 aromatic carbocycles. The molecule has 0 bridgehead atoms. The number of rotatable bonds is 7. The van der Waals surface area contributed by atoms with Crippen LogP contribution in [-0.2, 0) is 6.54 Å². The van der Waals surface area contributed by atoms with Crippen molar-refractivity contribution in [2.45, 2.75) is 32.8 Å². The van der Waals surface area contributed by atoms with Crippen LogP contribution in [0.25, 0.3) is 0 Å². The standard InChI is InChI=1S/C20H24F3N3O3/c1-13-9-10-26(14(2)12-25(3)4)19(28)17(13)18(27)24-11-15-7-5-6-8-16(15)29-20(21,22)23/h5-10,14H,11-12H2,1-4H3,(H,24,27). The molecule has 0 aliphatic carbocycles. The highest BCUT2D eigenvalue weighted by molar-refractivity contribution is 5.95. The Morgan fingerprint density at radius 1 is 1.24 bits per heavy atom. The van der Waals surface area contributed by atoms with Gasteiger partial charge >= 0.3 is 6.36 Å². The number of likely N-dealkylation sites (N-methyl/N-ethyl adjacent to an activating group) is 1. The Hall–Kier alpha value is -2.81. The van der Waals surface area contributed by atoms with Gasteiger partial charge in [0.05, 0.1) is 0 Å². The molecule has 0 saturated carbocycles. The first-order valence-corrected chi connectivity index (χ1v) is 8.98. The zero-order chi connectivity index (χ0) is 21.8. The van der Waals surface area contributed by atoms with Crippen molar-refractivity contribution in [1.82, 2.24) is 14.8 Å². The topological polar surface area (TPSA) is 63.6 Å². The fourth-order valence-electron chi connectivity index (χ4n) is 3.02. The molecule has 9 heteroatoms. The summed E-state index contributed by atoms with van der Waals surface area (Å²) in [6, 6.07) is 7.02. The molecule has 1 atom stereocenters. The number of hydrogen-bond donors (Lipinski definition) is 1. The van der Waals surface area contributed by atoms with Crippen molar-refractivity contribution in [2.24, 2.45) is 0 Å². The second-order valence-corrected chi connectivity index (χ2v) is 7.04. The zero-order valence-corrected chi connectivity index (χ0v) is 16.7. The van der Waals surface area contributed by atoms with Crippen molar-refractivity contribution in [3.05, 3.63) is 63.6 Å². The predicted octanol–water partition coefficient (Wildman–Crippen LogP) is 3.11. The van der Waals surface area contributed by atoms with E-state index < -0.39 is 23.6 Å². The van der Waals surface area contributed by atoms with Crippen LogP contribution in [0, 0.1) is 6.92 Å². The molecule has 158 valence electrons. The first-order valence-electron chi connectivity index (χ1n) is 8.98. The van der Waals surface area contributed by atoms with E-state index in [1.807, 2.05) is 25.9 Å². The van der Waals surface area contributed by atoms with Gasteiger partial charge in [-0.25, -0.2) is 0 Å². The maximum Gasteiger partial charge on any atom is 0.573 e. The molecule has 29 heavy (non-hydrogen) atoms. The lowest BCUT2D eigenvalue weighted by molar-refractivity contribution is -0.274. The zero-order valence-electron chi connectivity index (χ0n) is 16.7. The molecule has 0 aliphatic rings. The molecular weight excluding hydrogens is 387 g/mol. The van der Waals surface area contributed by atoms with E-state index >= 15 is 0 Å². The molecule has 0 radical (unpaired) electrons. The molecule has 2 aromatic rings. The molecule has 0 spiro atoms. The van der Waals surface area contributed by atoms with Crippen LogP contribution >= 0.6 is 0 Å². The third-order valence-electron chi connectivity index (χ3n) is 4.30. The smallest absolute Gasteiger partial charge is 0.405 e. The third-order valence-corrected chi connectivity index (χ3v) is 4.30. The van der Waals surface area contributed by atoms with Gasteiger partial charge in [0.25, 0.3) is 11.5 Å². The molecule has 1 amide bonds. The Morgan fingerprint density at radius 2 is 1.90 bits per heavy atom. The number of alkyl halides is 3. The summed E-state index contributed by atoms with van der Waals surface area (Å²) in [5.74, 6) is -1.05. The van der Waals surface area contributed by atoms with E-state index in [2.05, 4.69) is 10.1 Å². The minimum atomic E-state index is -4.84. The fraction of sp³-hybridized carbons (Fsp3) is 0.400. The highest BCUT2D eigenvalue weighted by Gasteiger charge is 2.32. The van der Waals surface area contributed by atoms with Crippen LogP contribution in [0.15, 0.2) is 41.3 Å². The van der Waals surface area contributed by atoms with Gasteiger partial charge in [0.2, 0.25) is 0 Å². The normalized spacial score (nSPS) is 12.7. The largest absolute Gasteiger partial charge is 0.573 e. The van der Waals surface area contributed by atoms with Crippen molar-refractivity contribution < 1.29 is 22.7 Å². The van der Waals surface area contributed by atoms with Crippen LogP contribution in [0.4, 0.5) is 13.2 Å². The van der Waals surface area contributed by atoms with Crippen molar-refractivity contribution in [3.8, 4) is 5.75 Å². The number of ether oxygens (including phenoxy) is 1. The molecule has 1 aromatic heterocycles. The average Bonchev–Trinajstić information content (AvgIpc) is 2.59. The van der Waals surface area contributed by atoms with Gasteiger partial charge in [-0.05, 0) is 45.6 Å². The Kier molecular flexibility index (Phi) is 7.07. The van der Waals surface area contributed by atoms with E-state index in [0.717, 1.165) is 0 Å². The number of nitrogens with one attached hydrogen (secondary N) is 1. The minimum Gasteiger partial charge on any atom is -0.405 e. The van der Waals surface area contributed by atoms with E-state index in [1.165, 1.54) is 28.8 Å². The van der Waals surface area contributed by atoms with Crippen molar-refractivity contribution in [3.63, 3.8) is 0 Å². The maximum atomic E-state index is 12.8. The summed E-state index contributed by atoms with van der Waals surface area (Å²) >= 11 is 0. The number of halogens is 3. The van der Waals surface area contributed by atoms with Crippen LogP contribution in [0.1, 0.15) is 34.5 Å². The summed E-state index contributed by atoms with van der Waals surface area (Å²) in [5, 5.41) is 2.52. The SMILES string of the molecule is Cc1ccn(C(C)CN(C)C)c(=O)c1C(=O)NCc1ccccc1OC(F)(F)F. The monoisotopic (exact) mass is 411 g/mol. The van der Waals surface area contributed by atoms with E-state index in [1.54, 1.807) is 19.2 Å². The minimum absolute atomic E-state index is 0.0349. The van der Waals surface area contributed by atoms with Gasteiger partial charge < -0.3 is 19.5 Å². The number of hydrogen-bond acceptors (Lipinski definition) is 4. The summed E-state index contributed by atoms with van der Waals surface area (Å²) in [6.45, 7) is 3.89. The molecule has 0 saturated heterocycles. The number of aromatic nitrogens is 1. The number of carbonyl (C=O) groups is 1. The molecule has 1 unspecified atom stereocenters. The first kappa shape index (κ1) is 22.5. The molecule has 2 rings (SSSR count). The Balaban J connectivity index is 2.23. The maximum absolute atomic E-state index is 12.8. The Bertz CT molecular complexity index is 923. The predicted molar refractivity (Wildman–Crippen MR) is 103 cm³/mol. The van der Waals surface area contributed by atoms with Crippen LogP contribution in [0.5, 0.6) is 5.75 Å². The summed E-state index contributed by atoms with van der Waals surface area (Å²) in [5.41, 5.74) is 0.151. The van der Waals surface area contributed by atoms with E-state index in [9.17, 15) is 22.8 Å². The second-order valence-electron chi connectivity index (χ2n) is 7.04. The number of pyridine rings is 1. The van der Waals surface area contributed by atoms with Gasteiger partial charge in [-0.15, -0.1) is 13.2 Å². The molecule has 0 fully saturated rings. The Labute approximate surface area is 166 Å². The van der Waals surface area contributed by atoms with E-state index in [-0.39, 0.29) is 23.7 Å². The van der Waals surface area contributed by atoms with Gasteiger partial charge in [-0.3, -0.25) is 9.59 Å². The molecule has 1 heterocycles. The van der Waals surface area contributed by atoms with Gasteiger partial charge in [0, 0.05) is 30.9 Å². The lowest BCUT2D eigenvalue weighted by Gasteiger charge is -2.20. The number of para-hydroxylation sites is 1. The average molecular weight is 411 g/mol. The van der Waals surface area contributed by atoms with Gasteiger partial charge in [-0.1, -0.05) is 18.2 Å². The van der Waals surface area contributed by atoms with Crippen LogP contribution in [0.2, 0.25) is 0 Å². The molecule has 6 nitrogen and oxygen atoms in total. The molecule has 0 aliphatic heterocycles. The number of amides is 1. The second kappa shape index (κ2) is 9.13. The molecule has 1 N–H and O–H groups in total. The van der Waals surface area contributed by atoms with Gasteiger partial charge in [0.15, 0.2) is 0 Å². The summed E-state index contributed by atoms with van der Waals surface area (Å²) in [4.78, 5) is 27.4. The lowest BCUT2D eigenvalue weighted by Crippen LogP contribution is -2.36. The summed E-state index contributed by atoms with van der Waals surface area (Å²) in [7, 11) is 3.76. The first-order chi connectivity index (χ1) is 13.5. The van der Waals surface area contributed by atoms with Crippen molar-refractivity contribution in [2.75, 3.05) is 20.6 Å². The quantitative estimate of drug-likeness (QED) is 0.761. The van der Waals surface area contributed by atoms with Crippen LogP contribution in [0.3, 0.4) is 0 Å². The highest BCUT2D eigenvalue weighted by Crippen LogP contribution is 2.26. The van der Waals surface area contributed by atoms with E-state index in [4.69, 9.17) is 0 Å². The van der Waals surface area contributed by atoms with Crippen LogP contribution < -0.4 is 15.6 Å². The van der Waals surface area contributed by atoms with Crippen molar-refractivity contribution in [1.29, 1.82) is 0 Å². The van der Waals surface area contributed by atoms with Crippen molar-refractivity contribution >= 4 is 5.91 Å². The lowest BCUT2D eigenvalue weighted by atomic mass is 10.1. The Morgan fingerprint density at radius 3 is 2.52 bits per heavy atom. The van der Waals surface area contributed by atoms with E-state index in [0.29, 0.717) is 12.1 Å². The molecular formula is C20H24F3N3O3. The van der Waals surface area contributed by atoms with Gasteiger partial charge in [0.1, 0.15) is 11.3 Å². The number of benzene rings is 1. The summed E-state index contributed by atoms with van der Waals surface area (Å²) < 4.78 is 43.1. The van der Waals surface area contributed by atoms with Crippen LogP contribution in [-0.4, -0.2) is 42.4 Å². The highest BCUT2D eigenvalue weighted by atomic mass is 19.4. The number of carbonyl (C=O) groups excluding carboxylic acids is 1. The number of nitrogens with zero attached hydrogens (tertiary/aromatic N) is 2. The fourth-order valence-corrected chi connectivity index (χ4v) is 3.02. The number of aryl methyl sites for hydroxylation is 1.